The van der Waals surface area contributed by atoms with Gasteiger partial charge >= 0.3 is 11.8 Å². The van der Waals surface area contributed by atoms with Crippen molar-refractivity contribution in [3.8, 4) is 17.3 Å². The van der Waals surface area contributed by atoms with E-state index in [1.807, 2.05) is 51.1 Å². The normalized spacial score (nSPS) is 20.8. The van der Waals surface area contributed by atoms with E-state index in [-0.39, 0.29) is 23.2 Å². The first kappa shape index (κ1) is 27.9. The van der Waals surface area contributed by atoms with Crippen LogP contribution in [0.4, 0.5) is 4.79 Å². The summed E-state index contributed by atoms with van der Waals surface area (Å²) in [4.78, 5) is 32.6. The third-order valence-electron chi connectivity index (χ3n) is 7.74. The lowest BCUT2D eigenvalue weighted by molar-refractivity contribution is 0.0508. The van der Waals surface area contributed by atoms with E-state index < -0.39 is 5.60 Å². The SMILES string of the molecule is Cn1c(=O)n(CC(C)(C)C)c2ccc(-c3cc(CN4C[C@@H]5CC5[C@H]4CNC(=O)OC(C)(C)C)ccc3C#N)nc21. The molecule has 2 aromatic heterocycles. The molecule has 0 bridgehead atoms. The highest BCUT2D eigenvalue weighted by molar-refractivity contribution is 5.78. The van der Waals surface area contributed by atoms with Gasteiger partial charge in [-0.25, -0.2) is 14.6 Å². The average Bonchev–Trinajstić information content (AvgIpc) is 3.49. The van der Waals surface area contributed by atoms with Crippen molar-refractivity contribution < 1.29 is 9.53 Å². The molecule has 0 radical (unpaired) electrons. The van der Waals surface area contributed by atoms with Gasteiger partial charge in [0.25, 0.3) is 0 Å². The Hall–Kier alpha value is -3.64. The number of aromatic nitrogens is 3. The maximum absolute atomic E-state index is 13.0. The van der Waals surface area contributed by atoms with Gasteiger partial charge in [-0.1, -0.05) is 26.8 Å². The number of likely N-dealkylation sites (tertiary alicyclic amines) is 1. The van der Waals surface area contributed by atoms with Crippen molar-refractivity contribution in [2.24, 2.45) is 24.3 Å². The summed E-state index contributed by atoms with van der Waals surface area (Å²) >= 11 is 0. The molecule has 2 fully saturated rings. The van der Waals surface area contributed by atoms with Crippen molar-refractivity contribution in [1.82, 2.24) is 24.3 Å². The van der Waals surface area contributed by atoms with Crippen molar-refractivity contribution in [3.63, 3.8) is 0 Å². The molecule has 1 unspecified atom stereocenters. The number of aryl methyl sites for hydroxylation is 1. The number of nitrogens with one attached hydrogen (secondary N) is 1. The number of hydrogen-bond acceptors (Lipinski definition) is 6. The van der Waals surface area contributed by atoms with E-state index in [0.29, 0.717) is 41.8 Å². The minimum absolute atomic E-state index is 0.0600. The number of imidazole rings is 1. The van der Waals surface area contributed by atoms with Gasteiger partial charge in [0.2, 0.25) is 0 Å². The second-order valence-electron chi connectivity index (χ2n) is 13.6. The summed E-state index contributed by atoms with van der Waals surface area (Å²) in [5.74, 6) is 1.26. The van der Waals surface area contributed by atoms with Crippen LogP contribution in [0, 0.1) is 28.6 Å². The zero-order valence-corrected chi connectivity index (χ0v) is 24.6. The topological polar surface area (TPSA) is 105 Å². The molecule has 9 heteroatoms. The van der Waals surface area contributed by atoms with E-state index in [0.717, 1.165) is 29.7 Å². The van der Waals surface area contributed by atoms with Crippen LogP contribution >= 0.6 is 0 Å². The van der Waals surface area contributed by atoms with Gasteiger partial charge in [0, 0.05) is 44.8 Å². The maximum atomic E-state index is 13.0. The number of piperidine rings is 1. The quantitative estimate of drug-likeness (QED) is 0.484. The minimum Gasteiger partial charge on any atom is -0.444 e. The number of amides is 1. The van der Waals surface area contributed by atoms with E-state index in [1.165, 1.54) is 6.42 Å². The molecule has 1 aromatic carbocycles. The predicted octanol–water partition coefficient (Wildman–Crippen LogP) is 4.66. The van der Waals surface area contributed by atoms with Crippen LogP contribution < -0.4 is 11.0 Å². The van der Waals surface area contributed by atoms with Crippen molar-refractivity contribution in [1.29, 1.82) is 5.26 Å². The van der Waals surface area contributed by atoms with Crippen LogP contribution in [0.3, 0.4) is 0 Å². The molecular weight excluding hydrogens is 504 g/mol. The summed E-state index contributed by atoms with van der Waals surface area (Å²) in [6.07, 6.45) is 0.817. The molecule has 1 aliphatic carbocycles. The average molecular weight is 545 g/mol. The molecule has 1 N–H and O–H groups in total. The lowest BCUT2D eigenvalue weighted by atomic mass is 9.97. The third-order valence-corrected chi connectivity index (χ3v) is 7.74. The van der Waals surface area contributed by atoms with Gasteiger partial charge in [0.05, 0.1) is 22.8 Å². The largest absolute Gasteiger partial charge is 0.444 e. The fourth-order valence-corrected chi connectivity index (χ4v) is 5.91. The molecule has 1 saturated carbocycles. The number of pyridine rings is 1. The molecule has 212 valence electrons. The van der Waals surface area contributed by atoms with Crippen LogP contribution in [0.15, 0.2) is 35.1 Å². The smallest absolute Gasteiger partial charge is 0.407 e. The third kappa shape index (κ3) is 5.78. The number of nitriles is 1. The zero-order valence-electron chi connectivity index (χ0n) is 24.6. The Kier molecular flexibility index (Phi) is 7.03. The first-order valence-corrected chi connectivity index (χ1v) is 14.0. The van der Waals surface area contributed by atoms with E-state index in [4.69, 9.17) is 9.72 Å². The van der Waals surface area contributed by atoms with Crippen molar-refractivity contribution in [2.75, 3.05) is 13.1 Å². The van der Waals surface area contributed by atoms with Crippen LogP contribution in [0.5, 0.6) is 0 Å². The predicted molar refractivity (Wildman–Crippen MR) is 155 cm³/mol. The highest BCUT2D eigenvalue weighted by Crippen LogP contribution is 2.49. The molecule has 1 aliphatic heterocycles. The second-order valence-corrected chi connectivity index (χ2v) is 13.6. The Morgan fingerprint density at radius 2 is 1.93 bits per heavy atom. The number of carbonyl (C=O) groups excluding carboxylic acids is 1. The van der Waals surface area contributed by atoms with Crippen LogP contribution in [0.1, 0.15) is 59.1 Å². The van der Waals surface area contributed by atoms with Crippen LogP contribution in [0.2, 0.25) is 0 Å². The van der Waals surface area contributed by atoms with Gasteiger partial charge in [-0.2, -0.15) is 5.26 Å². The zero-order chi connectivity index (χ0) is 29.0. The Labute approximate surface area is 235 Å². The summed E-state index contributed by atoms with van der Waals surface area (Å²) in [5.41, 5.74) is 3.76. The van der Waals surface area contributed by atoms with Gasteiger partial charge in [-0.15, -0.1) is 0 Å². The Morgan fingerprint density at radius 1 is 1.18 bits per heavy atom. The van der Waals surface area contributed by atoms with Crippen LogP contribution in [-0.2, 0) is 24.9 Å². The number of benzene rings is 1. The molecule has 40 heavy (non-hydrogen) atoms. The second kappa shape index (κ2) is 10.1. The summed E-state index contributed by atoms with van der Waals surface area (Å²) < 4.78 is 8.79. The van der Waals surface area contributed by atoms with Crippen LogP contribution in [0.25, 0.3) is 22.4 Å². The molecular formula is C31H40N6O3. The van der Waals surface area contributed by atoms with Gasteiger partial charge in [0.1, 0.15) is 5.60 Å². The van der Waals surface area contributed by atoms with Crippen molar-refractivity contribution >= 4 is 17.3 Å². The molecule has 0 spiro atoms. The van der Waals surface area contributed by atoms with Crippen LogP contribution in [-0.4, -0.2) is 49.8 Å². The van der Waals surface area contributed by atoms with Gasteiger partial charge in [-0.05, 0) is 74.3 Å². The summed E-state index contributed by atoms with van der Waals surface area (Å²) in [6, 6.07) is 12.3. The first-order valence-electron chi connectivity index (χ1n) is 14.0. The van der Waals surface area contributed by atoms with Crippen molar-refractivity contribution in [3.05, 3.63) is 51.9 Å². The molecule has 1 amide bonds. The van der Waals surface area contributed by atoms with E-state index in [1.54, 1.807) is 16.2 Å². The van der Waals surface area contributed by atoms with Gasteiger partial charge in [0.15, 0.2) is 5.65 Å². The molecule has 9 nitrogen and oxygen atoms in total. The number of rotatable bonds is 6. The van der Waals surface area contributed by atoms with E-state index >= 15 is 0 Å². The number of hydrogen-bond donors (Lipinski definition) is 1. The maximum Gasteiger partial charge on any atom is 0.407 e. The monoisotopic (exact) mass is 544 g/mol. The Balaban J connectivity index is 1.39. The standard InChI is InChI=1S/C31H40N6O3/c1-30(2,3)18-37-25-11-10-24(34-27(25)35(7)29(37)39)22-12-19(8-9-20(22)14-32)16-36-17-21-13-23(21)26(36)15-33-28(38)40-31(4,5)6/h8-12,21,23,26H,13,15-18H2,1-7H3,(H,33,38)/t21-,23?,26+/m0/s1. The number of ether oxygens (including phenoxy) is 1. The first-order chi connectivity index (χ1) is 18.7. The Bertz CT molecular complexity index is 1550. The summed E-state index contributed by atoms with van der Waals surface area (Å²) in [6.45, 7) is 14.8. The fraction of sp³-hybridized carbons (Fsp3) is 0.548. The lowest BCUT2D eigenvalue weighted by Gasteiger charge is -2.28. The minimum atomic E-state index is -0.529. The number of fused-ring (bicyclic) bond motifs is 2. The molecule has 3 atom stereocenters. The van der Waals surface area contributed by atoms with Crippen molar-refractivity contribution in [2.45, 2.75) is 72.7 Å². The summed E-state index contributed by atoms with van der Waals surface area (Å²) in [7, 11) is 1.74. The highest BCUT2D eigenvalue weighted by atomic mass is 16.6. The van der Waals surface area contributed by atoms with E-state index in [2.05, 4.69) is 37.1 Å². The summed E-state index contributed by atoms with van der Waals surface area (Å²) in [5, 5.41) is 12.9. The van der Waals surface area contributed by atoms with Gasteiger partial charge in [-0.3, -0.25) is 14.0 Å². The Morgan fingerprint density at radius 3 is 2.60 bits per heavy atom. The van der Waals surface area contributed by atoms with E-state index in [9.17, 15) is 14.9 Å². The number of nitrogens with zero attached hydrogens (tertiary/aromatic N) is 5. The number of carbonyl (C=O) groups is 1. The molecule has 2 aliphatic rings. The fourth-order valence-electron chi connectivity index (χ4n) is 5.91. The number of alkyl carbamates (subject to hydrolysis) is 1. The molecule has 3 heterocycles. The van der Waals surface area contributed by atoms with Gasteiger partial charge < -0.3 is 10.1 Å². The highest BCUT2D eigenvalue weighted by Gasteiger charge is 2.52. The lowest BCUT2D eigenvalue weighted by Crippen LogP contribution is -2.43. The molecule has 5 rings (SSSR count). The molecule has 3 aromatic rings. The molecule has 1 saturated heterocycles.